The Morgan fingerprint density at radius 3 is 2.47 bits per heavy atom. The number of alkyl halides is 3. The number of nitrogens with one attached hydrogen (secondary N) is 1. The van der Waals surface area contributed by atoms with Gasteiger partial charge < -0.3 is 5.32 Å². The average molecular weight is 268 g/mol. The molecule has 6 heteroatoms. The van der Waals surface area contributed by atoms with Gasteiger partial charge in [-0.2, -0.15) is 13.2 Å². The molecular formula is C11H19F3N2S. The van der Waals surface area contributed by atoms with E-state index in [9.17, 15) is 13.2 Å². The van der Waals surface area contributed by atoms with Gasteiger partial charge in [0, 0.05) is 12.8 Å². The van der Waals surface area contributed by atoms with Gasteiger partial charge in [0.1, 0.15) is 0 Å². The molecule has 0 aliphatic carbocycles. The van der Waals surface area contributed by atoms with E-state index in [-0.39, 0.29) is 0 Å². The van der Waals surface area contributed by atoms with Crippen molar-refractivity contribution in [3.05, 3.63) is 10.5 Å². The van der Waals surface area contributed by atoms with Crippen LogP contribution in [0.2, 0.25) is 0 Å². The Morgan fingerprint density at radius 1 is 1.41 bits per heavy atom. The normalized spacial score (nSPS) is 14.2. The molecule has 0 saturated carbocycles. The van der Waals surface area contributed by atoms with Crippen molar-refractivity contribution in [2.24, 2.45) is 4.99 Å². The third-order valence-electron chi connectivity index (χ3n) is 2.04. The molecule has 0 radical (unpaired) electrons. The van der Waals surface area contributed by atoms with Crippen LogP contribution in [0.25, 0.3) is 0 Å². The van der Waals surface area contributed by atoms with E-state index in [0.717, 1.165) is 18.0 Å². The molecule has 0 aromatic carbocycles. The predicted molar refractivity (Wildman–Crippen MR) is 68.8 cm³/mol. The Balaban J connectivity index is 4.92. The molecular weight excluding hydrogens is 249 g/mol. The first-order valence-electron chi connectivity index (χ1n) is 5.46. The van der Waals surface area contributed by atoms with Crippen molar-refractivity contribution in [3.8, 4) is 0 Å². The van der Waals surface area contributed by atoms with Crippen LogP contribution in [0.5, 0.6) is 0 Å². The maximum Gasteiger partial charge on any atom is 0.418 e. The lowest BCUT2D eigenvalue weighted by atomic mass is 10.2. The van der Waals surface area contributed by atoms with Gasteiger partial charge in [0.25, 0.3) is 0 Å². The second kappa shape index (κ2) is 8.58. The molecule has 0 rings (SSSR count). The van der Waals surface area contributed by atoms with Gasteiger partial charge in [0.05, 0.1) is 12.1 Å². The quantitative estimate of drug-likeness (QED) is 0.566. The first kappa shape index (κ1) is 16.5. The van der Waals surface area contributed by atoms with Gasteiger partial charge >= 0.3 is 6.18 Å². The van der Waals surface area contributed by atoms with Crippen LogP contribution in [0.4, 0.5) is 13.2 Å². The summed E-state index contributed by atoms with van der Waals surface area (Å²) in [6.07, 6.45) is -0.568. The molecule has 0 aromatic heterocycles. The largest absolute Gasteiger partial charge is 0.418 e. The second-order valence-corrected chi connectivity index (χ2v) is 4.33. The number of allylic oxidation sites excluding steroid dienone is 2. The van der Waals surface area contributed by atoms with E-state index < -0.39 is 11.7 Å². The van der Waals surface area contributed by atoms with Crippen molar-refractivity contribution in [3.63, 3.8) is 0 Å². The van der Waals surface area contributed by atoms with Gasteiger partial charge in [-0.3, -0.25) is 4.99 Å². The Labute approximate surface area is 105 Å². The van der Waals surface area contributed by atoms with E-state index in [1.165, 1.54) is 0 Å². The average Bonchev–Trinajstić information content (AvgIpc) is 2.25. The van der Waals surface area contributed by atoms with Crippen LogP contribution in [0, 0.1) is 0 Å². The Hall–Kier alpha value is -0.490. The molecule has 0 aliphatic rings. The van der Waals surface area contributed by atoms with Crippen molar-refractivity contribution < 1.29 is 13.2 Å². The topological polar surface area (TPSA) is 24.4 Å². The van der Waals surface area contributed by atoms with E-state index in [1.807, 2.05) is 6.92 Å². The Kier molecular flexibility index (Phi) is 8.33. The lowest BCUT2D eigenvalue weighted by molar-refractivity contribution is -0.0860. The zero-order valence-corrected chi connectivity index (χ0v) is 11.2. The molecule has 0 amide bonds. The lowest BCUT2D eigenvalue weighted by Crippen LogP contribution is -2.16. The molecule has 0 unspecified atom stereocenters. The molecule has 0 fully saturated rings. The van der Waals surface area contributed by atoms with Crippen LogP contribution in [-0.4, -0.2) is 38.8 Å². The van der Waals surface area contributed by atoms with Gasteiger partial charge in [0.2, 0.25) is 0 Å². The molecule has 2 nitrogen and oxygen atoms in total. The van der Waals surface area contributed by atoms with Crippen molar-refractivity contribution in [1.82, 2.24) is 5.32 Å². The lowest BCUT2D eigenvalue weighted by Gasteiger charge is -2.12. The molecule has 0 bridgehead atoms. The van der Waals surface area contributed by atoms with Gasteiger partial charge in [-0.25, -0.2) is 0 Å². The van der Waals surface area contributed by atoms with Gasteiger partial charge in [0.15, 0.2) is 0 Å². The van der Waals surface area contributed by atoms with Gasteiger partial charge in [-0.05, 0) is 24.6 Å². The maximum absolute atomic E-state index is 12.8. The zero-order chi connectivity index (χ0) is 13.3. The standard InChI is InChI=1S/C11H19F3N2S/c1-4-5-10(17-3)9(11(12,13)14)8-16-7-6-15-2/h8,15H,4-7H2,1-3H3/b10-9-,16-8?. The fraction of sp³-hybridized carbons (Fsp3) is 0.727. The second-order valence-electron chi connectivity index (χ2n) is 3.43. The summed E-state index contributed by atoms with van der Waals surface area (Å²) < 4.78 is 38.4. The summed E-state index contributed by atoms with van der Waals surface area (Å²) in [6.45, 7) is 2.79. The summed E-state index contributed by atoms with van der Waals surface area (Å²) in [5.41, 5.74) is -0.608. The predicted octanol–water partition coefficient (Wildman–Crippen LogP) is 3.26. The van der Waals surface area contributed by atoms with Crippen molar-refractivity contribution >= 4 is 18.0 Å². The Morgan fingerprint density at radius 2 is 2.06 bits per heavy atom. The third-order valence-corrected chi connectivity index (χ3v) is 2.96. The third kappa shape index (κ3) is 6.73. The van der Waals surface area contributed by atoms with Crippen LogP contribution >= 0.6 is 11.8 Å². The summed E-state index contributed by atoms with van der Waals surface area (Å²) in [5, 5.41) is 2.83. The molecule has 0 atom stereocenters. The highest BCUT2D eigenvalue weighted by Gasteiger charge is 2.34. The van der Waals surface area contributed by atoms with Crippen LogP contribution < -0.4 is 5.32 Å². The number of halogens is 3. The molecule has 1 N–H and O–H groups in total. The van der Waals surface area contributed by atoms with E-state index in [0.29, 0.717) is 30.8 Å². The number of nitrogens with zero attached hydrogens (tertiary/aromatic N) is 1. The van der Waals surface area contributed by atoms with Crippen molar-refractivity contribution in [2.45, 2.75) is 25.9 Å². The number of thioether (sulfide) groups is 1. The minimum atomic E-state index is -4.32. The summed E-state index contributed by atoms with van der Waals surface area (Å²) in [5.74, 6) is 0. The van der Waals surface area contributed by atoms with Crippen LogP contribution in [0.15, 0.2) is 15.5 Å². The molecule has 17 heavy (non-hydrogen) atoms. The summed E-state index contributed by atoms with van der Waals surface area (Å²) in [4.78, 5) is 4.16. The number of rotatable bonds is 7. The van der Waals surface area contributed by atoms with Gasteiger partial charge in [-0.15, -0.1) is 11.8 Å². The van der Waals surface area contributed by atoms with Crippen molar-refractivity contribution in [2.75, 3.05) is 26.4 Å². The minimum Gasteiger partial charge on any atom is -0.318 e. The summed E-state index contributed by atoms with van der Waals surface area (Å²) in [6, 6.07) is 0. The monoisotopic (exact) mass is 268 g/mol. The van der Waals surface area contributed by atoms with E-state index >= 15 is 0 Å². The molecule has 0 heterocycles. The highest BCUT2D eigenvalue weighted by molar-refractivity contribution is 8.02. The highest BCUT2D eigenvalue weighted by atomic mass is 32.2. The molecule has 0 spiro atoms. The minimum absolute atomic E-state index is 0.351. The smallest absolute Gasteiger partial charge is 0.318 e. The molecule has 0 aliphatic heterocycles. The zero-order valence-electron chi connectivity index (χ0n) is 10.4. The SMILES string of the molecule is CCC/C(SC)=C(\C=NCCNC)C(F)(F)F. The van der Waals surface area contributed by atoms with Gasteiger partial charge in [-0.1, -0.05) is 13.3 Å². The maximum atomic E-state index is 12.8. The first-order valence-corrected chi connectivity index (χ1v) is 6.68. The number of likely N-dealkylation sites (N-methyl/N-ethyl adjacent to an activating group) is 1. The van der Waals surface area contributed by atoms with E-state index in [4.69, 9.17) is 0 Å². The molecule has 100 valence electrons. The fourth-order valence-corrected chi connectivity index (χ4v) is 2.01. The Bertz CT molecular complexity index is 272. The number of hydrogen-bond acceptors (Lipinski definition) is 3. The summed E-state index contributed by atoms with van der Waals surface area (Å²) >= 11 is 1.15. The summed E-state index contributed by atoms with van der Waals surface area (Å²) in [7, 11) is 1.74. The first-order chi connectivity index (χ1) is 7.97. The number of aliphatic imine (C=N–C) groups is 1. The van der Waals surface area contributed by atoms with Crippen LogP contribution in [0.1, 0.15) is 19.8 Å². The van der Waals surface area contributed by atoms with E-state index in [2.05, 4.69) is 10.3 Å². The fourth-order valence-electron chi connectivity index (χ4n) is 1.21. The molecule has 0 saturated heterocycles. The van der Waals surface area contributed by atoms with Crippen molar-refractivity contribution in [1.29, 1.82) is 0 Å². The number of hydrogen-bond donors (Lipinski definition) is 1. The van der Waals surface area contributed by atoms with Crippen LogP contribution in [-0.2, 0) is 0 Å². The van der Waals surface area contributed by atoms with E-state index in [1.54, 1.807) is 13.3 Å². The molecule has 0 aromatic rings. The van der Waals surface area contributed by atoms with Crippen LogP contribution in [0.3, 0.4) is 0 Å². The highest BCUT2D eigenvalue weighted by Crippen LogP contribution is 2.33.